The number of rotatable bonds is 7. The van der Waals surface area contributed by atoms with E-state index >= 15 is 0 Å². The Morgan fingerprint density at radius 3 is 2.67 bits per heavy atom. The van der Waals surface area contributed by atoms with Crippen molar-refractivity contribution in [3.05, 3.63) is 94.5 Å². The van der Waals surface area contributed by atoms with Crippen molar-refractivity contribution < 1.29 is 37.6 Å². The third-order valence-electron chi connectivity index (χ3n) is 6.77. The van der Waals surface area contributed by atoms with E-state index < -0.39 is 28.9 Å². The summed E-state index contributed by atoms with van der Waals surface area (Å²) in [6.45, 7) is 2.22. The summed E-state index contributed by atoms with van der Waals surface area (Å²) in [6.07, 6.45) is 2.76. The third kappa shape index (κ3) is 6.35. The van der Waals surface area contributed by atoms with Crippen LogP contribution < -0.4 is 5.32 Å². The molecule has 2 aliphatic rings. The number of carbonyl (C=O) groups is 3. The molecule has 2 aromatic carbocycles. The minimum atomic E-state index is -1.35. The first-order valence-corrected chi connectivity index (χ1v) is 12.5. The van der Waals surface area contributed by atoms with E-state index in [1.165, 1.54) is 16.8 Å². The Bertz CT molecular complexity index is 1380. The maximum atomic E-state index is 14.1. The molecule has 2 N–H and O–H groups in total. The number of Topliss-reactive ketones (excluding diaryl/α,β-unsaturated/α-hetero) is 1. The fourth-order valence-electron chi connectivity index (χ4n) is 4.58. The average molecular weight is 539 g/mol. The zero-order chi connectivity index (χ0) is 28.2. The van der Waals surface area contributed by atoms with Gasteiger partial charge in [0.2, 0.25) is 23.5 Å². The molecule has 1 fully saturated rings. The molecule has 39 heavy (non-hydrogen) atoms. The summed E-state index contributed by atoms with van der Waals surface area (Å²) in [5, 5.41) is 13.8. The molecule has 1 atom stereocenters. The monoisotopic (exact) mass is 538 g/mol. The normalized spacial score (nSPS) is 22.3. The van der Waals surface area contributed by atoms with Gasteiger partial charge in [-0.1, -0.05) is 36.4 Å². The predicted octanol–water partition coefficient (Wildman–Crippen LogP) is 2.61. The van der Waals surface area contributed by atoms with Crippen molar-refractivity contribution in [1.29, 1.82) is 0 Å². The second kappa shape index (κ2) is 11.8. The first-order valence-electron chi connectivity index (χ1n) is 12.5. The highest BCUT2D eigenvalue weighted by atomic mass is 19.1. The number of aldehydes is 1. The van der Waals surface area contributed by atoms with Gasteiger partial charge in [0.05, 0.1) is 6.54 Å². The number of nitrogens with zero attached hydrogens (tertiary/aromatic N) is 2. The number of likely N-dealkylation sites (tertiary alicyclic amines) is 1. The first-order chi connectivity index (χ1) is 18.6. The van der Waals surface area contributed by atoms with Gasteiger partial charge in [0.25, 0.3) is 11.6 Å². The fraction of sp³-hybridized carbons (Fsp3) is 0.310. The van der Waals surface area contributed by atoms with E-state index in [9.17, 15) is 28.3 Å². The highest BCUT2D eigenvalue weighted by molar-refractivity contribution is 6.26. The van der Waals surface area contributed by atoms with Crippen LogP contribution >= 0.6 is 0 Å². The second-order valence-electron chi connectivity index (χ2n) is 9.83. The number of aliphatic hydroxyl groups is 1. The zero-order valence-corrected chi connectivity index (χ0v) is 21.7. The molecule has 0 aromatic heterocycles. The van der Waals surface area contributed by atoms with Gasteiger partial charge in [-0.2, -0.15) is 4.58 Å². The summed E-state index contributed by atoms with van der Waals surface area (Å²) in [4.78, 5) is 41.1. The molecule has 1 amide bonds. The van der Waals surface area contributed by atoms with Gasteiger partial charge < -0.3 is 15.2 Å². The van der Waals surface area contributed by atoms with Crippen molar-refractivity contribution in [3.63, 3.8) is 0 Å². The number of nitrogens with one attached hydrogen (secondary N) is 1. The molecule has 1 unspecified atom stereocenters. The topological polar surface area (TPSA) is 99.0 Å². The maximum absolute atomic E-state index is 14.1. The van der Waals surface area contributed by atoms with Crippen LogP contribution in [0.3, 0.4) is 0 Å². The average Bonchev–Trinajstić information content (AvgIpc) is 3.04. The summed E-state index contributed by atoms with van der Waals surface area (Å²) < 4.78 is 34.6. The van der Waals surface area contributed by atoms with Crippen LogP contribution in [-0.4, -0.2) is 64.0 Å². The molecule has 10 heteroatoms. The van der Waals surface area contributed by atoms with Crippen LogP contribution in [0.1, 0.15) is 30.9 Å². The van der Waals surface area contributed by atoms with E-state index in [-0.39, 0.29) is 42.3 Å². The Hall–Kier alpha value is -4.02. The maximum Gasteiger partial charge on any atom is 0.297 e. The van der Waals surface area contributed by atoms with Gasteiger partial charge in [0.1, 0.15) is 23.8 Å². The van der Waals surface area contributed by atoms with Crippen LogP contribution in [0.4, 0.5) is 8.78 Å². The Morgan fingerprint density at radius 2 is 1.97 bits per heavy atom. The minimum absolute atomic E-state index is 0.0258. The van der Waals surface area contributed by atoms with E-state index in [0.29, 0.717) is 37.5 Å². The highest BCUT2D eigenvalue weighted by Gasteiger charge is 2.44. The summed E-state index contributed by atoms with van der Waals surface area (Å²) in [7, 11) is 1.86. The quantitative estimate of drug-likeness (QED) is 0.320. The van der Waals surface area contributed by atoms with Crippen LogP contribution in [0.25, 0.3) is 0 Å². The number of ether oxygens (including phenoxy) is 1. The molecule has 2 aliphatic heterocycles. The van der Waals surface area contributed by atoms with E-state index in [0.717, 1.165) is 11.6 Å². The summed E-state index contributed by atoms with van der Waals surface area (Å²) >= 11 is 0. The fourth-order valence-corrected chi connectivity index (χ4v) is 4.58. The van der Waals surface area contributed by atoms with Crippen LogP contribution in [-0.2, 0) is 32.3 Å². The van der Waals surface area contributed by atoms with Crippen molar-refractivity contribution in [2.45, 2.75) is 38.5 Å². The molecule has 2 aromatic rings. The number of carbonyl (C=O) groups excluding carboxylic acids is 3. The van der Waals surface area contributed by atoms with E-state index in [1.807, 2.05) is 18.0 Å². The highest BCUT2D eigenvalue weighted by Crippen LogP contribution is 2.26. The summed E-state index contributed by atoms with van der Waals surface area (Å²) in [5.41, 5.74) is -0.690. The number of hydrogen-bond donors (Lipinski definition) is 2. The summed E-state index contributed by atoms with van der Waals surface area (Å²) in [5.74, 6) is -3.62. The van der Waals surface area contributed by atoms with Gasteiger partial charge in [0.15, 0.2) is 11.8 Å². The van der Waals surface area contributed by atoms with Crippen LogP contribution in [0.5, 0.6) is 0 Å². The van der Waals surface area contributed by atoms with E-state index in [1.54, 1.807) is 31.2 Å². The zero-order valence-electron chi connectivity index (χ0n) is 21.7. The summed E-state index contributed by atoms with van der Waals surface area (Å²) in [6, 6.07) is 11.9. The molecule has 4 rings (SSSR count). The number of benzene rings is 2. The van der Waals surface area contributed by atoms with Gasteiger partial charge in [0, 0.05) is 18.2 Å². The van der Waals surface area contributed by atoms with Crippen LogP contribution in [0.2, 0.25) is 0 Å². The van der Waals surface area contributed by atoms with Crippen molar-refractivity contribution in [1.82, 2.24) is 10.2 Å². The SMILES string of the molecule is CN1CCCC(C)(O)C(=[N+]2C=C(C(=O)NCc3ccc(F)cc3F)C(=O)C(OCc3ccccc3)=C2C=O)C1. The number of halogens is 2. The molecule has 0 spiro atoms. The molecule has 204 valence electrons. The Kier molecular flexibility index (Phi) is 8.47. The van der Waals surface area contributed by atoms with Crippen LogP contribution in [0, 0.1) is 11.6 Å². The lowest BCUT2D eigenvalue weighted by atomic mass is 9.94. The van der Waals surface area contributed by atoms with Gasteiger partial charge in [-0.3, -0.25) is 19.3 Å². The Labute approximate surface area is 224 Å². The lowest BCUT2D eigenvalue weighted by Gasteiger charge is -2.24. The smallest absolute Gasteiger partial charge is 0.297 e. The molecule has 0 bridgehead atoms. The largest absolute Gasteiger partial charge is 0.479 e. The standard InChI is InChI=1S/C29H29F2N3O5/c1-29(38)11-6-12-33(2)16-25(29)34-15-22(28(37)32-14-20-9-10-21(30)13-23(20)31)26(36)27(24(34)17-35)39-18-19-7-4-3-5-8-19/h3-5,7-10,13,15,17,38H,6,11-12,14,16,18H2,1-2H3/p+1. The first kappa shape index (κ1) is 28.0. The molecular formula is C29H30F2N3O5+. The van der Waals surface area contributed by atoms with E-state index in [2.05, 4.69) is 5.32 Å². The molecule has 0 aliphatic carbocycles. The number of hydrogen-bond acceptors (Lipinski definition) is 6. The number of amides is 1. The van der Waals surface area contributed by atoms with Crippen molar-refractivity contribution in [3.8, 4) is 0 Å². The third-order valence-corrected chi connectivity index (χ3v) is 6.77. The predicted molar refractivity (Wildman–Crippen MR) is 138 cm³/mol. The van der Waals surface area contributed by atoms with Crippen molar-refractivity contribution >= 4 is 23.7 Å². The molecular weight excluding hydrogens is 508 g/mol. The van der Waals surface area contributed by atoms with Crippen LogP contribution in [0.15, 0.2) is 71.8 Å². The number of ketones is 1. The lowest BCUT2D eigenvalue weighted by Crippen LogP contribution is -2.46. The molecule has 0 radical (unpaired) electrons. The van der Waals surface area contributed by atoms with Crippen molar-refractivity contribution in [2.75, 3.05) is 20.1 Å². The lowest BCUT2D eigenvalue weighted by molar-refractivity contribution is -0.406. The van der Waals surface area contributed by atoms with Gasteiger partial charge in [-0.25, -0.2) is 8.78 Å². The van der Waals surface area contributed by atoms with Crippen molar-refractivity contribution in [2.24, 2.45) is 0 Å². The number of allylic oxidation sites excluding steroid dienone is 2. The van der Waals surface area contributed by atoms with Gasteiger partial charge in [-0.15, -0.1) is 0 Å². The minimum Gasteiger partial charge on any atom is -0.479 e. The van der Waals surface area contributed by atoms with Gasteiger partial charge >= 0.3 is 0 Å². The van der Waals surface area contributed by atoms with E-state index in [4.69, 9.17) is 4.74 Å². The Balaban J connectivity index is 1.76. The van der Waals surface area contributed by atoms with Gasteiger partial charge in [-0.05, 0) is 45.0 Å². The Morgan fingerprint density at radius 1 is 1.23 bits per heavy atom. The molecule has 8 nitrogen and oxygen atoms in total. The second-order valence-corrected chi connectivity index (χ2v) is 9.83. The molecule has 1 saturated heterocycles. The molecule has 2 heterocycles. The molecule has 0 saturated carbocycles.